The molecule has 4 N–H and O–H groups in total. The van der Waals surface area contributed by atoms with E-state index in [1.54, 1.807) is 24.5 Å². The normalized spacial score (nSPS) is 10.8. The van der Waals surface area contributed by atoms with Gasteiger partial charge in [-0.3, -0.25) is 14.6 Å². The van der Waals surface area contributed by atoms with Crippen LogP contribution >= 0.6 is 0 Å². The lowest BCUT2D eigenvalue weighted by atomic mass is 10.3. The van der Waals surface area contributed by atoms with Gasteiger partial charge in [0.1, 0.15) is 0 Å². The number of aromatic nitrogens is 1. The highest BCUT2D eigenvalue weighted by Crippen LogP contribution is 2.12. The number of sulfonamides is 1. The van der Waals surface area contributed by atoms with Gasteiger partial charge in [-0.25, -0.2) is 13.6 Å². The van der Waals surface area contributed by atoms with Gasteiger partial charge in [-0.1, -0.05) is 6.07 Å². The van der Waals surface area contributed by atoms with Crippen molar-refractivity contribution < 1.29 is 18.0 Å². The summed E-state index contributed by atoms with van der Waals surface area (Å²) in [6, 6.07) is 8.63. The summed E-state index contributed by atoms with van der Waals surface area (Å²) in [6.07, 6.45) is 3.17. The second-order valence-corrected chi connectivity index (χ2v) is 6.13. The van der Waals surface area contributed by atoms with E-state index in [4.69, 9.17) is 5.14 Å². The number of rotatable bonds is 4. The van der Waals surface area contributed by atoms with Gasteiger partial charge >= 0.3 is 11.8 Å². The fraction of sp³-hybridized carbons (Fsp3) is 0.0714. The van der Waals surface area contributed by atoms with Crippen molar-refractivity contribution in [2.24, 2.45) is 5.14 Å². The summed E-state index contributed by atoms with van der Waals surface area (Å²) < 4.78 is 22.2. The van der Waals surface area contributed by atoms with Gasteiger partial charge < -0.3 is 10.6 Å². The van der Waals surface area contributed by atoms with Crippen molar-refractivity contribution in [1.82, 2.24) is 10.3 Å². The van der Waals surface area contributed by atoms with E-state index in [0.717, 1.165) is 5.56 Å². The van der Waals surface area contributed by atoms with Gasteiger partial charge in [-0.15, -0.1) is 0 Å². The maximum absolute atomic E-state index is 11.7. The Morgan fingerprint density at radius 3 is 2.35 bits per heavy atom. The van der Waals surface area contributed by atoms with E-state index in [9.17, 15) is 18.0 Å². The molecule has 0 bridgehead atoms. The number of benzene rings is 1. The second kappa shape index (κ2) is 6.99. The zero-order valence-corrected chi connectivity index (χ0v) is 12.7. The molecule has 120 valence electrons. The van der Waals surface area contributed by atoms with Crippen LogP contribution < -0.4 is 15.8 Å². The largest absolute Gasteiger partial charge is 0.344 e. The first-order valence-corrected chi connectivity index (χ1v) is 8.02. The molecule has 0 spiro atoms. The van der Waals surface area contributed by atoms with Gasteiger partial charge in [0.25, 0.3) is 0 Å². The number of pyridine rings is 1. The maximum atomic E-state index is 11.7. The van der Waals surface area contributed by atoms with E-state index in [1.807, 2.05) is 0 Å². The van der Waals surface area contributed by atoms with Gasteiger partial charge in [-0.2, -0.15) is 0 Å². The fourth-order valence-electron chi connectivity index (χ4n) is 1.68. The lowest BCUT2D eigenvalue weighted by molar-refractivity contribution is -0.136. The Morgan fingerprint density at radius 1 is 1.09 bits per heavy atom. The molecule has 0 aliphatic carbocycles. The number of primary sulfonamides is 1. The molecule has 8 nitrogen and oxygen atoms in total. The molecule has 1 aromatic carbocycles. The van der Waals surface area contributed by atoms with Crippen molar-refractivity contribution in [2.75, 3.05) is 5.32 Å². The third kappa shape index (κ3) is 4.87. The van der Waals surface area contributed by atoms with Crippen LogP contribution in [-0.4, -0.2) is 25.2 Å². The highest BCUT2D eigenvalue weighted by Gasteiger charge is 2.14. The van der Waals surface area contributed by atoms with Crippen LogP contribution in [0.2, 0.25) is 0 Å². The van der Waals surface area contributed by atoms with Crippen molar-refractivity contribution in [3.05, 3.63) is 54.4 Å². The van der Waals surface area contributed by atoms with E-state index < -0.39 is 21.8 Å². The molecular weight excluding hydrogens is 320 g/mol. The predicted molar refractivity (Wildman–Crippen MR) is 82.5 cm³/mol. The highest BCUT2D eigenvalue weighted by atomic mass is 32.2. The summed E-state index contributed by atoms with van der Waals surface area (Å²) in [5.41, 5.74) is 1.03. The molecule has 0 atom stereocenters. The van der Waals surface area contributed by atoms with Crippen molar-refractivity contribution in [1.29, 1.82) is 0 Å². The molecule has 0 aliphatic rings. The van der Waals surface area contributed by atoms with E-state index in [2.05, 4.69) is 15.6 Å². The molecule has 23 heavy (non-hydrogen) atoms. The SMILES string of the molecule is NS(=O)(=O)c1ccc(NC(=O)C(=O)NCc2cccnc2)cc1. The molecular formula is C14H14N4O4S. The molecule has 0 unspecified atom stereocenters. The average molecular weight is 334 g/mol. The number of nitrogens with zero attached hydrogens (tertiary/aromatic N) is 1. The smallest absolute Gasteiger partial charge is 0.313 e. The van der Waals surface area contributed by atoms with Crippen molar-refractivity contribution in [3.8, 4) is 0 Å². The summed E-state index contributed by atoms with van der Waals surface area (Å²) in [4.78, 5) is 27.2. The lowest BCUT2D eigenvalue weighted by Gasteiger charge is -2.07. The summed E-state index contributed by atoms with van der Waals surface area (Å²) in [6.45, 7) is 0.171. The lowest BCUT2D eigenvalue weighted by Crippen LogP contribution is -2.34. The Balaban J connectivity index is 1.92. The maximum Gasteiger partial charge on any atom is 0.313 e. The van der Waals surface area contributed by atoms with Crippen LogP contribution in [0.25, 0.3) is 0 Å². The Hall–Kier alpha value is -2.78. The van der Waals surface area contributed by atoms with Crippen LogP contribution in [0.5, 0.6) is 0 Å². The molecule has 2 rings (SSSR count). The van der Waals surface area contributed by atoms with E-state index in [-0.39, 0.29) is 17.1 Å². The van der Waals surface area contributed by atoms with Crippen LogP contribution in [0.4, 0.5) is 5.69 Å². The molecule has 0 fully saturated rings. The minimum Gasteiger partial charge on any atom is -0.344 e. The third-order valence-electron chi connectivity index (χ3n) is 2.82. The van der Waals surface area contributed by atoms with Crippen LogP contribution in [0.15, 0.2) is 53.7 Å². The number of carbonyl (C=O) groups is 2. The van der Waals surface area contributed by atoms with Crippen LogP contribution in [0.1, 0.15) is 5.56 Å². The zero-order valence-electron chi connectivity index (χ0n) is 11.9. The van der Waals surface area contributed by atoms with Crippen molar-refractivity contribution >= 4 is 27.5 Å². The quantitative estimate of drug-likeness (QED) is 0.676. The Bertz CT molecular complexity index is 804. The van der Waals surface area contributed by atoms with Crippen molar-refractivity contribution in [2.45, 2.75) is 11.4 Å². The number of carbonyl (C=O) groups excluding carboxylic acids is 2. The average Bonchev–Trinajstić information content (AvgIpc) is 2.53. The fourth-order valence-corrected chi connectivity index (χ4v) is 2.20. The first-order valence-electron chi connectivity index (χ1n) is 6.47. The summed E-state index contributed by atoms with van der Waals surface area (Å²) in [7, 11) is -3.80. The monoisotopic (exact) mass is 334 g/mol. The molecule has 0 saturated heterocycles. The van der Waals surface area contributed by atoms with Gasteiger partial charge in [0.2, 0.25) is 10.0 Å². The molecule has 2 amide bonds. The van der Waals surface area contributed by atoms with Crippen LogP contribution in [0, 0.1) is 0 Å². The minimum atomic E-state index is -3.80. The standard InChI is InChI=1S/C14H14N4O4S/c15-23(21,22)12-5-3-11(4-6-12)18-14(20)13(19)17-9-10-2-1-7-16-8-10/h1-8H,9H2,(H,17,19)(H,18,20)(H2,15,21,22). The predicted octanol–water partition coefficient (Wildman–Crippen LogP) is -0.0161. The third-order valence-corrected chi connectivity index (χ3v) is 3.75. The number of hydrogen-bond donors (Lipinski definition) is 3. The summed E-state index contributed by atoms with van der Waals surface area (Å²) >= 11 is 0. The van der Waals surface area contributed by atoms with Gasteiger partial charge in [0.15, 0.2) is 0 Å². The van der Waals surface area contributed by atoms with Crippen LogP contribution in [-0.2, 0) is 26.2 Å². The summed E-state index contributed by atoms with van der Waals surface area (Å²) in [5, 5.41) is 9.77. The molecule has 0 saturated carbocycles. The van der Waals surface area contributed by atoms with E-state index in [0.29, 0.717) is 0 Å². The van der Waals surface area contributed by atoms with Gasteiger partial charge in [0.05, 0.1) is 4.90 Å². The van der Waals surface area contributed by atoms with E-state index >= 15 is 0 Å². The molecule has 0 radical (unpaired) electrons. The number of anilines is 1. The minimum absolute atomic E-state index is 0.0865. The second-order valence-electron chi connectivity index (χ2n) is 4.57. The number of nitrogens with two attached hydrogens (primary N) is 1. The molecule has 0 aliphatic heterocycles. The number of hydrogen-bond acceptors (Lipinski definition) is 5. The Kier molecular flexibility index (Phi) is 5.04. The molecule has 1 heterocycles. The Labute approximate surface area is 132 Å². The Morgan fingerprint density at radius 2 is 1.78 bits per heavy atom. The molecule has 2 aromatic rings. The topological polar surface area (TPSA) is 131 Å². The van der Waals surface area contributed by atoms with Crippen molar-refractivity contribution in [3.63, 3.8) is 0 Å². The highest BCUT2D eigenvalue weighted by molar-refractivity contribution is 7.89. The first kappa shape index (κ1) is 16.6. The number of nitrogens with one attached hydrogen (secondary N) is 2. The summed E-state index contributed by atoms with van der Waals surface area (Å²) in [5.74, 6) is -1.68. The van der Waals surface area contributed by atoms with Gasteiger partial charge in [0, 0.05) is 24.6 Å². The first-order chi connectivity index (χ1) is 10.9. The van der Waals surface area contributed by atoms with Gasteiger partial charge in [-0.05, 0) is 35.9 Å². The molecule has 9 heteroatoms. The molecule has 1 aromatic heterocycles. The van der Waals surface area contributed by atoms with E-state index in [1.165, 1.54) is 24.3 Å². The zero-order chi connectivity index (χ0) is 16.9. The van der Waals surface area contributed by atoms with Crippen LogP contribution in [0.3, 0.4) is 0 Å². The number of amides is 2.